The molecule has 1 aromatic heterocycles. The SMILES string of the molecule is Cc1nn(C)c(CC(CCOCC(F)(F)F)NN)c1Cl. The summed E-state index contributed by atoms with van der Waals surface area (Å²) in [7, 11) is 1.75. The Balaban J connectivity index is 2.47. The number of ether oxygens (including phenoxy) is 1. The van der Waals surface area contributed by atoms with Crippen LogP contribution in [0.1, 0.15) is 17.8 Å². The van der Waals surface area contributed by atoms with Crippen molar-refractivity contribution in [2.45, 2.75) is 32.0 Å². The average molecular weight is 315 g/mol. The Labute approximate surface area is 120 Å². The van der Waals surface area contributed by atoms with E-state index in [0.29, 0.717) is 23.6 Å². The highest BCUT2D eigenvalue weighted by molar-refractivity contribution is 6.31. The molecule has 1 unspecified atom stereocenters. The van der Waals surface area contributed by atoms with Gasteiger partial charge in [0.15, 0.2) is 0 Å². The summed E-state index contributed by atoms with van der Waals surface area (Å²) in [6, 6.07) is -0.240. The summed E-state index contributed by atoms with van der Waals surface area (Å²) in [5, 5.41) is 4.71. The summed E-state index contributed by atoms with van der Waals surface area (Å²) in [4.78, 5) is 0. The summed E-state index contributed by atoms with van der Waals surface area (Å²) < 4.78 is 42.0. The largest absolute Gasteiger partial charge is 0.411 e. The Morgan fingerprint density at radius 3 is 2.60 bits per heavy atom. The van der Waals surface area contributed by atoms with E-state index < -0.39 is 12.8 Å². The van der Waals surface area contributed by atoms with Crippen molar-refractivity contribution in [3.05, 3.63) is 16.4 Å². The third-order valence-corrected chi connectivity index (χ3v) is 3.31. The number of aromatic nitrogens is 2. The number of hydrogen-bond acceptors (Lipinski definition) is 4. The maximum Gasteiger partial charge on any atom is 0.411 e. The van der Waals surface area contributed by atoms with E-state index in [0.717, 1.165) is 5.69 Å². The minimum atomic E-state index is -4.31. The second kappa shape index (κ2) is 7.26. The fraction of sp³-hybridized carbons (Fsp3) is 0.727. The molecule has 0 aromatic carbocycles. The molecule has 0 radical (unpaired) electrons. The maximum absolute atomic E-state index is 11.9. The van der Waals surface area contributed by atoms with Crippen molar-refractivity contribution in [3.63, 3.8) is 0 Å². The van der Waals surface area contributed by atoms with Gasteiger partial charge in [0.25, 0.3) is 0 Å². The maximum atomic E-state index is 11.9. The van der Waals surface area contributed by atoms with Crippen molar-refractivity contribution in [2.24, 2.45) is 12.9 Å². The molecule has 0 amide bonds. The van der Waals surface area contributed by atoms with Gasteiger partial charge in [-0.15, -0.1) is 0 Å². The quantitative estimate of drug-likeness (QED) is 0.457. The molecule has 20 heavy (non-hydrogen) atoms. The van der Waals surface area contributed by atoms with Gasteiger partial charge < -0.3 is 4.74 Å². The Hall–Kier alpha value is -0.830. The van der Waals surface area contributed by atoms with E-state index in [9.17, 15) is 13.2 Å². The van der Waals surface area contributed by atoms with E-state index in [1.807, 2.05) is 0 Å². The number of nitrogens with zero attached hydrogens (tertiary/aromatic N) is 2. The van der Waals surface area contributed by atoms with Gasteiger partial charge in [-0.05, 0) is 13.3 Å². The van der Waals surface area contributed by atoms with Crippen LogP contribution in [0.25, 0.3) is 0 Å². The zero-order valence-corrected chi connectivity index (χ0v) is 12.1. The van der Waals surface area contributed by atoms with E-state index in [1.165, 1.54) is 0 Å². The van der Waals surface area contributed by atoms with E-state index in [-0.39, 0.29) is 12.6 Å². The monoisotopic (exact) mass is 314 g/mol. The minimum Gasteiger partial charge on any atom is -0.372 e. The first kappa shape index (κ1) is 17.2. The molecule has 3 N–H and O–H groups in total. The van der Waals surface area contributed by atoms with Crippen molar-refractivity contribution in [1.29, 1.82) is 0 Å². The molecule has 1 atom stereocenters. The molecule has 9 heteroatoms. The number of alkyl halides is 3. The van der Waals surface area contributed by atoms with Gasteiger partial charge in [0.05, 0.1) is 16.4 Å². The van der Waals surface area contributed by atoms with Crippen LogP contribution in [0.5, 0.6) is 0 Å². The van der Waals surface area contributed by atoms with Gasteiger partial charge in [-0.2, -0.15) is 18.3 Å². The van der Waals surface area contributed by atoms with E-state index in [2.05, 4.69) is 15.3 Å². The van der Waals surface area contributed by atoms with Crippen molar-refractivity contribution in [1.82, 2.24) is 15.2 Å². The summed E-state index contributed by atoms with van der Waals surface area (Å²) in [6.45, 7) is 0.488. The highest BCUT2D eigenvalue weighted by Gasteiger charge is 2.27. The number of nitrogens with two attached hydrogens (primary N) is 1. The van der Waals surface area contributed by atoms with Crippen molar-refractivity contribution in [2.75, 3.05) is 13.2 Å². The molecular formula is C11H18ClF3N4O. The van der Waals surface area contributed by atoms with Crippen LogP contribution in [-0.4, -0.2) is 35.2 Å². The van der Waals surface area contributed by atoms with Gasteiger partial charge in [-0.3, -0.25) is 16.0 Å². The summed E-state index contributed by atoms with van der Waals surface area (Å²) in [5.41, 5.74) is 4.03. The number of nitrogens with one attached hydrogen (secondary N) is 1. The molecule has 0 aliphatic heterocycles. The van der Waals surface area contributed by atoms with Crippen LogP contribution < -0.4 is 11.3 Å². The molecule has 0 aliphatic carbocycles. The van der Waals surface area contributed by atoms with Crippen molar-refractivity contribution >= 4 is 11.6 Å². The van der Waals surface area contributed by atoms with E-state index >= 15 is 0 Å². The molecule has 0 spiro atoms. The molecule has 5 nitrogen and oxygen atoms in total. The highest BCUT2D eigenvalue weighted by atomic mass is 35.5. The van der Waals surface area contributed by atoms with E-state index in [1.54, 1.807) is 18.7 Å². The molecule has 0 saturated carbocycles. The lowest BCUT2D eigenvalue weighted by Crippen LogP contribution is -2.38. The van der Waals surface area contributed by atoms with Gasteiger partial charge in [0.2, 0.25) is 0 Å². The Kier molecular flexibility index (Phi) is 6.25. The van der Waals surface area contributed by atoms with Crippen molar-refractivity contribution < 1.29 is 17.9 Å². The lowest BCUT2D eigenvalue weighted by atomic mass is 10.1. The van der Waals surface area contributed by atoms with Gasteiger partial charge >= 0.3 is 6.18 Å². The fourth-order valence-electron chi connectivity index (χ4n) is 1.79. The first-order valence-corrected chi connectivity index (χ1v) is 6.41. The van der Waals surface area contributed by atoms with Crippen LogP contribution >= 0.6 is 11.6 Å². The molecule has 1 rings (SSSR count). The van der Waals surface area contributed by atoms with E-state index in [4.69, 9.17) is 17.4 Å². The number of hydrazine groups is 1. The highest BCUT2D eigenvalue weighted by Crippen LogP contribution is 2.21. The Morgan fingerprint density at radius 2 is 2.15 bits per heavy atom. The number of aryl methyl sites for hydroxylation is 2. The van der Waals surface area contributed by atoms with Crippen LogP contribution in [0.15, 0.2) is 0 Å². The van der Waals surface area contributed by atoms with Crippen LogP contribution in [0.3, 0.4) is 0 Å². The molecular weight excluding hydrogens is 297 g/mol. The third kappa shape index (κ3) is 5.28. The summed E-state index contributed by atoms with van der Waals surface area (Å²) in [6.07, 6.45) is -3.51. The Bertz CT molecular complexity index is 436. The lowest BCUT2D eigenvalue weighted by molar-refractivity contribution is -0.174. The lowest BCUT2D eigenvalue weighted by Gasteiger charge is -2.16. The van der Waals surface area contributed by atoms with Gasteiger partial charge in [0, 0.05) is 26.1 Å². The van der Waals surface area contributed by atoms with Crippen molar-refractivity contribution in [3.8, 4) is 0 Å². The van der Waals surface area contributed by atoms with Gasteiger partial charge in [-0.25, -0.2) is 0 Å². The van der Waals surface area contributed by atoms with Gasteiger partial charge in [-0.1, -0.05) is 11.6 Å². The molecule has 0 saturated heterocycles. The smallest absolute Gasteiger partial charge is 0.372 e. The molecule has 0 aliphatic rings. The first-order valence-electron chi connectivity index (χ1n) is 6.03. The van der Waals surface area contributed by atoms with Gasteiger partial charge in [0.1, 0.15) is 6.61 Å². The Morgan fingerprint density at radius 1 is 1.50 bits per heavy atom. The second-order valence-electron chi connectivity index (χ2n) is 4.49. The second-order valence-corrected chi connectivity index (χ2v) is 4.87. The summed E-state index contributed by atoms with van der Waals surface area (Å²) in [5.74, 6) is 5.40. The normalized spacial score (nSPS) is 13.8. The predicted molar refractivity (Wildman–Crippen MR) is 69.3 cm³/mol. The molecule has 0 bridgehead atoms. The first-order chi connectivity index (χ1) is 9.24. The molecule has 116 valence electrons. The number of rotatable bonds is 7. The van der Waals surface area contributed by atoms with Crippen LogP contribution in [-0.2, 0) is 18.2 Å². The average Bonchev–Trinajstić information content (AvgIpc) is 2.57. The zero-order chi connectivity index (χ0) is 15.3. The predicted octanol–water partition coefficient (Wildman–Crippen LogP) is 1.73. The third-order valence-electron chi connectivity index (χ3n) is 2.81. The molecule has 1 heterocycles. The molecule has 0 fully saturated rings. The van der Waals surface area contributed by atoms with Crippen LogP contribution in [0, 0.1) is 6.92 Å². The van der Waals surface area contributed by atoms with Crippen LogP contribution in [0.4, 0.5) is 13.2 Å². The summed E-state index contributed by atoms with van der Waals surface area (Å²) >= 11 is 6.10. The topological polar surface area (TPSA) is 65.1 Å². The zero-order valence-electron chi connectivity index (χ0n) is 11.3. The number of halogens is 4. The molecule has 1 aromatic rings. The van der Waals surface area contributed by atoms with Crippen LogP contribution in [0.2, 0.25) is 5.02 Å². The number of hydrogen-bond donors (Lipinski definition) is 2. The minimum absolute atomic E-state index is 0.0389. The standard InChI is InChI=1S/C11H18ClF3N4O/c1-7-10(12)9(19(2)18-7)5-8(17-16)3-4-20-6-11(13,14)15/h8,17H,3-6,16H2,1-2H3. The fourth-order valence-corrected chi connectivity index (χ4v) is 2.03.